The third-order valence-electron chi connectivity index (χ3n) is 7.40. The maximum absolute atomic E-state index is 5.34. The van der Waals surface area contributed by atoms with Crippen molar-refractivity contribution in [1.82, 2.24) is 14.1 Å². The summed E-state index contributed by atoms with van der Waals surface area (Å²) in [6.07, 6.45) is 1.98. The quantitative estimate of drug-likeness (QED) is 0.246. The van der Waals surface area contributed by atoms with Gasteiger partial charge in [0.2, 0.25) is 0 Å². The Kier molecular flexibility index (Phi) is 5.06. The standard InChI is InChI=1S/C33H27N3/c1-3-11-24(12-4-1)19-21-35-28-17-9-7-15-26(28)32-30(35)23-31-33(34-32)27-16-8-10-18-29(27)36(31)22-20-25-13-5-2-6-14-25/h1-18,23H,19-22H2. The van der Waals surface area contributed by atoms with Crippen LogP contribution in [0.1, 0.15) is 11.1 Å². The van der Waals surface area contributed by atoms with Crippen molar-refractivity contribution >= 4 is 43.9 Å². The lowest BCUT2D eigenvalue weighted by molar-refractivity contribution is 0.739. The smallest absolute Gasteiger partial charge is 0.0969 e. The van der Waals surface area contributed by atoms with E-state index in [1.165, 1.54) is 44.0 Å². The lowest BCUT2D eigenvalue weighted by Gasteiger charge is -2.10. The SMILES string of the molecule is c1ccc(CCn2c3ccccc3c3nc4c5ccccc5n(CCc5ccccc5)c4cc32)cc1. The number of benzene rings is 4. The van der Waals surface area contributed by atoms with Gasteiger partial charge in [-0.05, 0) is 42.2 Å². The molecule has 3 heterocycles. The van der Waals surface area contributed by atoms with Crippen molar-refractivity contribution in [1.29, 1.82) is 0 Å². The fourth-order valence-corrected chi connectivity index (χ4v) is 5.63. The van der Waals surface area contributed by atoms with Crippen molar-refractivity contribution in [3.8, 4) is 0 Å². The number of pyridine rings is 1. The van der Waals surface area contributed by atoms with Gasteiger partial charge in [-0.2, -0.15) is 0 Å². The van der Waals surface area contributed by atoms with Crippen LogP contribution in [0, 0.1) is 0 Å². The molecule has 3 heteroatoms. The molecule has 0 aliphatic rings. The summed E-state index contributed by atoms with van der Waals surface area (Å²) in [7, 11) is 0. The van der Waals surface area contributed by atoms with Crippen LogP contribution in [0.5, 0.6) is 0 Å². The molecule has 0 saturated heterocycles. The first-order valence-electron chi connectivity index (χ1n) is 12.7. The van der Waals surface area contributed by atoms with E-state index in [-0.39, 0.29) is 0 Å². The Bertz CT molecular complexity index is 1690. The highest BCUT2D eigenvalue weighted by atomic mass is 15.0. The molecule has 7 aromatic rings. The lowest BCUT2D eigenvalue weighted by atomic mass is 10.1. The van der Waals surface area contributed by atoms with Gasteiger partial charge >= 0.3 is 0 Å². The Morgan fingerprint density at radius 3 is 1.33 bits per heavy atom. The van der Waals surface area contributed by atoms with Gasteiger partial charge in [-0.3, -0.25) is 0 Å². The molecule has 0 saturated carbocycles. The second-order valence-electron chi connectivity index (χ2n) is 9.53. The van der Waals surface area contributed by atoms with Crippen molar-refractivity contribution in [3.63, 3.8) is 0 Å². The van der Waals surface area contributed by atoms with E-state index in [0.29, 0.717) is 0 Å². The van der Waals surface area contributed by atoms with Crippen LogP contribution in [0.2, 0.25) is 0 Å². The Morgan fingerprint density at radius 1 is 0.444 bits per heavy atom. The molecule has 4 aromatic carbocycles. The minimum Gasteiger partial charge on any atom is -0.339 e. The number of para-hydroxylation sites is 2. The Morgan fingerprint density at radius 2 is 0.861 bits per heavy atom. The molecule has 174 valence electrons. The average molecular weight is 466 g/mol. The predicted molar refractivity (Wildman–Crippen MR) is 151 cm³/mol. The van der Waals surface area contributed by atoms with E-state index in [4.69, 9.17) is 4.98 Å². The summed E-state index contributed by atoms with van der Waals surface area (Å²) in [5, 5.41) is 2.45. The number of rotatable bonds is 6. The number of aryl methyl sites for hydroxylation is 4. The second-order valence-corrected chi connectivity index (χ2v) is 9.53. The van der Waals surface area contributed by atoms with Crippen LogP contribution in [0.4, 0.5) is 0 Å². The average Bonchev–Trinajstić information content (AvgIpc) is 3.42. The lowest BCUT2D eigenvalue weighted by Crippen LogP contribution is -2.03. The molecule has 0 atom stereocenters. The van der Waals surface area contributed by atoms with E-state index < -0.39 is 0 Å². The summed E-state index contributed by atoms with van der Waals surface area (Å²) in [5.74, 6) is 0. The van der Waals surface area contributed by atoms with E-state index in [2.05, 4.69) is 124 Å². The fourth-order valence-electron chi connectivity index (χ4n) is 5.63. The highest BCUT2D eigenvalue weighted by molar-refractivity contribution is 6.14. The van der Waals surface area contributed by atoms with Crippen LogP contribution in [0.15, 0.2) is 115 Å². The number of hydrogen-bond donors (Lipinski definition) is 0. The maximum Gasteiger partial charge on any atom is 0.0969 e. The van der Waals surface area contributed by atoms with Crippen molar-refractivity contribution in [2.45, 2.75) is 25.9 Å². The van der Waals surface area contributed by atoms with Gasteiger partial charge in [0.05, 0.1) is 33.1 Å². The normalized spacial score (nSPS) is 11.8. The topological polar surface area (TPSA) is 22.8 Å². The van der Waals surface area contributed by atoms with Crippen LogP contribution in [-0.2, 0) is 25.9 Å². The van der Waals surface area contributed by atoms with Crippen molar-refractivity contribution in [2.75, 3.05) is 0 Å². The molecule has 0 amide bonds. The molecular formula is C33H27N3. The molecule has 0 spiro atoms. The minimum absolute atomic E-state index is 0.922. The van der Waals surface area contributed by atoms with Crippen molar-refractivity contribution in [2.24, 2.45) is 0 Å². The molecule has 36 heavy (non-hydrogen) atoms. The van der Waals surface area contributed by atoms with Gasteiger partial charge in [-0.1, -0.05) is 97.1 Å². The predicted octanol–water partition coefficient (Wildman–Crippen LogP) is 7.78. The Hall–Kier alpha value is -4.37. The zero-order valence-corrected chi connectivity index (χ0v) is 20.1. The third kappa shape index (κ3) is 3.47. The first-order valence-corrected chi connectivity index (χ1v) is 12.7. The molecule has 3 aromatic heterocycles. The molecule has 0 unspecified atom stereocenters. The van der Waals surface area contributed by atoms with Crippen LogP contribution >= 0.6 is 0 Å². The summed E-state index contributed by atoms with van der Waals surface area (Å²) >= 11 is 0. The molecule has 0 fully saturated rings. The second kappa shape index (κ2) is 8.69. The van der Waals surface area contributed by atoms with E-state index >= 15 is 0 Å². The summed E-state index contributed by atoms with van der Waals surface area (Å²) in [4.78, 5) is 5.34. The van der Waals surface area contributed by atoms with Crippen LogP contribution in [-0.4, -0.2) is 14.1 Å². The summed E-state index contributed by atoms with van der Waals surface area (Å²) in [6, 6.07) is 41.3. The third-order valence-corrected chi connectivity index (χ3v) is 7.40. The maximum atomic E-state index is 5.34. The van der Waals surface area contributed by atoms with Gasteiger partial charge in [0.1, 0.15) is 0 Å². The summed E-state index contributed by atoms with van der Waals surface area (Å²) in [6.45, 7) is 1.84. The first kappa shape index (κ1) is 21.0. The number of fused-ring (bicyclic) bond motifs is 6. The molecular weight excluding hydrogens is 438 g/mol. The minimum atomic E-state index is 0.922. The van der Waals surface area contributed by atoms with Crippen LogP contribution in [0.25, 0.3) is 43.9 Å². The molecule has 0 radical (unpaired) electrons. The summed E-state index contributed by atoms with van der Waals surface area (Å²) < 4.78 is 4.92. The van der Waals surface area contributed by atoms with E-state index in [1.807, 2.05) is 0 Å². The summed E-state index contributed by atoms with van der Waals surface area (Å²) in [5.41, 5.74) is 9.83. The van der Waals surface area contributed by atoms with Gasteiger partial charge in [0.25, 0.3) is 0 Å². The van der Waals surface area contributed by atoms with Gasteiger partial charge in [0, 0.05) is 23.9 Å². The first-order chi connectivity index (χ1) is 17.9. The zero-order chi connectivity index (χ0) is 23.9. The van der Waals surface area contributed by atoms with E-state index in [9.17, 15) is 0 Å². The van der Waals surface area contributed by atoms with E-state index in [1.54, 1.807) is 0 Å². The Labute approximate surface area is 210 Å². The number of aromatic nitrogens is 3. The molecule has 7 rings (SSSR count). The van der Waals surface area contributed by atoms with Crippen molar-refractivity contribution < 1.29 is 0 Å². The zero-order valence-electron chi connectivity index (χ0n) is 20.1. The highest BCUT2D eigenvalue weighted by Crippen LogP contribution is 2.35. The van der Waals surface area contributed by atoms with E-state index in [0.717, 1.165) is 37.0 Å². The van der Waals surface area contributed by atoms with Gasteiger partial charge in [-0.25, -0.2) is 4.98 Å². The van der Waals surface area contributed by atoms with Gasteiger partial charge < -0.3 is 9.13 Å². The number of nitrogens with zero attached hydrogens (tertiary/aromatic N) is 3. The molecule has 3 nitrogen and oxygen atoms in total. The van der Waals surface area contributed by atoms with Crippen LogP contribution < -0.4 is 0 Å². The van der Waals surface area contributed by atoms with Gasteiger partial charge in [0.15, 0.2) is 0 Å². The van der Waals surface area contributed by atoms with Crippen molar-refractivity contribution in [3.05, 3.63) is 126 Å². The molecule has 0 aliphatic heterocycles. The number of hydrogen-bond acceptors (Lipinski definition) is 1. The molecule has 0 aliphatic carbocycles. The molecule has 0 N–H and O–H groups in total. The Balaban J connectivity index is 1.43. The highest BCUT2D eigenvalue weighted by Gasteiger charge is 2.18. The van der Waals surface area contributed by atoms with Crippen LogP contribution in [0.3, 0.4) is 0 Å². The molecule has 0 bridgehead atoms. The fraction of sp³-hybridized carbons (Fsp3) is 0.121. The largest absolute Gasteiger partial charge is 0.339 e. The monoisotopic (exact) mass is 465 g/mol. The van der Waals surface area contributed by atoms with Gasteiger partial charge in [-0.15, -0.1) is 0 Å².